The molecule has 0 unspecified atom stereocenters. The van der Waals surface area contributed by atoms with Gasteiger partial charge in [0.25, 0.3) is 0 Å². The lowest BCUT2D eigenvalue weighted by molar-refractivity contribution is 0.118. The summed E-state index contributed by atoms with van der Waals surface area (Å²) in [6, 6.07) is 11.0. The first kappa shape index (κ1) is 28.9. The molecule has 0 amide bonds. The molecule has 1 heterocycles. The van der Waals surface area contributed by atoms with E-state index in [2.05, 4.69) is 78.8 Å². The number of nitrogens with zero attached hydrogens (tertiary/aromatic N) is 2. The minimum absolute atomic E-state index is 0.149. The van der Waals surface area contributed by atoms with Crippen molar-refractivity contribution in [3.8, 4) is 11.5 Å². The highest BCUT2D eigenvalue weighted by Crippen LogP contribution is 2.33. The Morgan fingerprint density at radius 2 is 1.24 bits per heavy atom. The predicted octanol–water partition coefficient (Wildman–Crippen LogP) is 8.54. The summed E-state index contributed by atoms with van der Waals surface area (Å²) in [5.41, 5.74) is 5.10. The number of fused-ring (bicyclic) bond motifs is 2. The van der Waals surface area contributed by atoms with Crippen LogP contribution >= 0.6 is 0 Å². The van der Waals surface area contributed by atoms with Crippen molar-refractivity contribution in [2.24, 2.45) is 9.98 Å². The van der Waals surface area contributed by atoms with Crippen LogP contribution in [0.3, 0.4) is 0 Å². The van der Waals surface area contributed by atoms with E-state index in [0.717, 1.165) is 54.7 Å². The van der Waals surface area contributed by atoms with E-state index >= 15 is 0 Å². The third-order valence-electron chi connectivity index (χ3n) is 7.73. The van der Waals surface area contributed by atoms with E-state index in [1.165, 1.54) is 42.4 Å². The smallest absolute Gasteiger partial charge is 0.230 e. The molecule has 202 valence electrons. The maximum atomic E-state index is 6.40. The molecule has 1 aliphatic rings. The monoisotopic (exact) mass is 504 g/mol. The molecule has 0 bridgehead atoms. The number of aliphatic imine (C=N–C) groups is 2. The summed E-state index contributed by atoms with van der Waals surface area (Å²) >= 11 is 0. The van der Waals surface area contributed by atoms with E-state index < -0.39 is 11.1 Å². The van der Waals surface area contributed by atoms with Crippen molar-refractivity contribution in [2.75, 3.05) is 6.79 Å². The summed E-state index contributed by atoms with van der Waals surface area (Å²) < 4.78 is 12.6. The van der Waals surface area contributed by atoms with E-state index in [0.29, 0.717) is 0 Å². The van der Waals surface area contributed by atoms with Gasteiger partial charge in [-0.1, -0.05) is 52.2 Å². The van der Waals surface area contributed by atoms with Gasteiger partial charge in [0.2, 0.25) is 6.79 Å². The van der Waals surface area contributed by atoms with E-state index in [1.54, 1.807) is 0 Å². The minimum Gasteiger partial charge on any atom is -0.457 e. The molecule has 0 atom stereocenters. The van der Waals surface area contributed by atoms with Crippen molar-refractivity contribution in [2.45, 2.75) is 117 Å². The number of rotatable bonds is 9. The molecule has 0 spiro atoms. The van der Waals surface area contributed by atoms with Crippen LogP contribution in [0.5, 0.6) is 11.5 Å². The van der Waals surface area contributed by atoms with Crippen molar-refractivity contribution in [3.05, 3.63) is 58.1 Å². The zero-order chi connectivity index (χ0) is 26.9. The van der Waals surface area contributed by atoms with Crippen LogP contribution in [0, 0.1) is 0 Å². The average Bonchev–Trinajstić information content (AvgIpc) is 2.88. The number of benzene rings is 2. The van der Waals surface area contributed by atoms with Gasteiger partial charge in [-0.3, -0.25) is 9.98 Å². The molecule has 0 saturated heterocycles. The van der Waals surface area contributed by atoms with Gasteiger partial charge in [0, 0.05) is 23.6 Å². The van der Waals surface area contributed by atoms with Gasteiger partial charge in [0.1, 0.15) is 11.5 Å². The van der Waals surface area contributed by atoms with Gasteiger partial charge in [-0.2, -0.15) is 0 Å². The fraction of sp³-hybridized carbons (Fsp3) is 0.576. The van der Waals surface area contributed by atoms with E-state index in [-0.39, 0.29) is 6.79 Å². The van der Waals surface area contributed by atoms with Crippen LogP contribution in [0.4, 0.5) is 0 Å². The maximum absolute atomic E-state index is 6.40. The summed E-state index contributed by atoms with van der Waals surface area (Å²) in [5, 5.41) is 0. The topological polar surface area (TPSA) is 43.2 Å². The van der Waals surface area contributed by atoms with E-state index in [9.17, 15) is 0 Å². The molecular formula is C33H48N2O2. The number of ether oxygens (including phenoxy) is 2. The molecule has 1 aliphatic heterocycles. The highest BCUT2D eigenvalue weighted by molar-refractivity contribution is 5.86. The highest BCUT2D eigenvalue weighted by Gasteiger charge is 2.36. The van der Waals surface area contributed by atoms with Crippen LogP contribution in [-0.2, 0) is 19.3 Å². The van der Waals surface area contributed by atoms with Crippen LogP contribution in [0.2, 0.25) is 0 Å². The largest absolute Gasteiger partial charge is 0.457 e. The SMILES string of the molecule is CCCCc1ccc2c(c1)/C=N/C(C)(C)C(C)(C)/N=C/c1cc(CCCC)cc(CCCC)c1OCO2. The Labute approximate surface area is 225 Å². The summed E-state index contributed by atoms with van der Waals surface area (Å²) in [4.78, 5) is 10.2. The molecule has 0 radical (unpaired) electrons. The summed E-state index contributed by atoms with van der Waals surface area (Å²) in [7, 11) is 0. The number of aryl methyl sites for hydroxylation is 3. The first-order chi connectivity index (χ1) is 17.7. The molecule has 4 nitrogen and oxygen atoms in total. The first-order valence-corrected chi connectivity index (χ1v) is 14.4. The molecule has 4 heteroatoms. The van der Waals surface area contributed by atoms with Gasteiger partial charge in [-0.15, -0.1) is 0 Å². The van der Waals surface area contributed by atoms with Crippen LogP contribution in [0.1, 0.15) is 115 Å². The Balaban J connectivity index is 2.09. The van der Waals surface area contributed by atoms with Crippen molar-refractivity contribution >= 4 is 12.4 Å². The summed E-state index contributed by atoms with van der Waals surface area (Å²) in [5.74, 6) is 1.70. The lowest BCUT2D eigenvalue weighted by Crippen LogP contribution is -2.42. The van der Waals surface area contributed by atoms with Crippen molar-refractivity contribution in [3.63, 3.8) is 0 Å². The standard InChI is InChI=1S/C33H48N2O2/c1-8-11-14-25-17-18-30-28(19-25)22-34-32(4,5)33(6,7)35-23-29-21-26(15-12-9-2)20-27(16-13-10-3)31(29)37-24-36-30/h17-23H,8-16,24H2,1-7H3/b34-22+,35-23+. The summed E-state index contributed by atoms with van der Waals surface area (Å²) in [6.07, 6.45) is 14.1. The zero-order valence-electron chi connectivity index (χ0n) is 24.3. The second-order valence-electron chi connectivity index (χ2n) is 11.4. The molecule has 37 heavy (non-hydrogen) atoms. The Kier molecular flexibility index (Phi) is 10.4. The lowest BCUT2D eigenvalue weighted by atomic mass is 9.83. The molecule has 3 rings (SSSR count). The van der Waals surface area contributed by atoms with E-state index in [1.807, 2.05) is 12.4 Å². The van der Waals surface area contributed by atoms with Crippen molar-refractivity contribution < 1.29 is 9.47 Å². The van der Waals surface area contributed by atoms with Gasteiger partial charge in [0.15, 0.2) is 0 Å². The van der Waals surface area contributed by atoms with Crippen molar-refractivity contribution in [1.82, 2.24) is 0 Å². The zero-order valence-corrected chi connectivity index (χ0v) is 24.3. The van der Waals surface area contributed by atoms with Crippen LogP contribution in [-0.4, -0.2) is 30.3 Å². The highest BCUT2D eigenvalue weighted by atomic mass is 16.7. The number of hydrogen-bond donors (Lipinski definition) is 0. The average molecular weight is 505 g/mol. The third-order valence-corrected chi connectivity index (χ3v) is 7.73. The van der Waals surface area contributed by atoms with Gasteiger partial charge in [0.05, 0.1) is 11.1 Å². The first-order valence-electron chi connectivity index (χ1n) is 14.4. The number of hydrogen-bond acceptors (Lipinski definition) is 4. The maximum Gasteiger partial charge on any atom is 0.230 e. The Bertz CT molecular complexity index is 1080. The normalized spacial score (nSPS) is 18.1. The van der Waals surface area contributed by atoms with Crippen LogP contribution in [0.15, 0.2) is 40.3 Å². The second kappa shape index (κ2) is 13.3. The molecule has 0 fully saturated rings. The Morgan fingerprint density at radius 1 is 0.676 bits per heavy atom. The molecular weight excluding hydrogens is 456 g/mol. The Hall–Kier alpha value is -2.62. The van der Waals surface area contributed by atoms with Gasteiger partial charge in [-0.05, 0) is 101 Å². The van der Waals surface area contributed by atoms with Gasteiger partial charge < -0.3 is 9.47 Å². The minimum atomic E-state index is -0.418. The van der Waals surface area contributed by atoms with Crippen molar-refractivity contribution in [1.29, 1.82) is 0 Å². The fourth-order valence-electron chi connectivity index (χ4n) is 4.43. The fourth-order valence-corrected chi connectivity index (χ4v) is 4.43. The Morgan fingerprint density at radius 3 is 1.89 bits per heavy atom. The van der Waals surface area contributed by atoms with Gasteiger partial charge >= 0.3 is 0 Å². The molecule has 0 aliphatic carbocycles. The summed E-state index contributed by atoms with van der Waals surface area (Å²) in [6.45, 7) is 15.5. The predicted molar refractivity (Wildman–Crippen MR) is 158 cm³/mol. The molecule has 2 aromatic carbocycles. The third kappa shape index (κ3) is 7.69. The second-order valence-corrected chi connectivity index (χ2v) is 11.4. The lowest BCUT2D eigenvalue weighted by Gasteiger charge is -2.35. The van der Waals surface area contributed by atoms with Crippen LogP contribution in [0.25, 0.3) is 0 Å². The van der Waals surface area contributed by atoms with Crippen LogP contribution < -0.4 is 9.47 Å². The number of unbranched alkanes of at least 4 members (excludes halogenated alkanes) is 3. The molecule has 0 N–H and O–H groups in total. The van der Waals surface area contributed by atoms with E-state index in [4.69, 9.17) is 19.5 Å². The van der Waals surface area contributed by atoms with Gasteiger partial charge in [-0.25, -0.2) is 0 Å². The molecule has 0 saturated carbocycles. The quantitative estimate of drug-likeness (QED) is 0.343. The molecule has 0 aromatic heterocycles. The molecule has 2 aromatic rings.